The van der Waals surface area contributed by atoms with Crippen LogP contribution in [0.5, 0.6) is 0 Å². The topological polar surface area (TPSA) is 76.1 Å². The van der Waals surface area contributed by atoms with Gasteiger partial charge in [0.2, 0.25) is 10.0 Å². The second-order valence-corrected chi connectivity index (χ2v) is 10.7. The van der Waals surface area contributed by atoms with Gasteiger partial charge in [-0.25, -0.2) is 23.4 Å². The molecule has 0 aromatic carbocycles. The number of sulfonamides is 1. The lowest BCUT2D eigenvalue weighted by Crippen LogP contribution is -2.35. The van der Waals surface area contributed by atoms with Crippen LogP contribution in [0.1, 0.15) is 29.7 Å². The molecular weight excluding hydrogens is 400 g/mol. The summed E-state index contributed by atoms with van der Waals surface area (Å²) in [6.07, 6.45) is 5.95. The highest BCUT2D eigenvalue weighted by Crippen LogP contribution is 2.37. The van der Waals surface area contributed by atoms with Crippen molar-refractivity contribution in [3.63, 3.8) is 0 Å². The number of hydrogen-bond acceptors (Lipinski definition) is 7. The van der Waals surface area contributed by atoms with Crippen LogP contribution in [0, 0.1) is 13.8 Å². The van der Waals surface area contributed by atoms with Gasteiger partial charge in [0.25, 0.3) is 0 Å². The second-order valence-electron chi connectivity index (χ2n) is 6.54. The third kappa shape index (κ3) is 3.61. The standard InChI is InChI=1S/C18H20N4O2S3/c1-12-13(2)25-17-16(12)18(21-11-20-17)26-15-7-6-14(10-19-15)27(23,24)22-8-4-3-5-9-22/h6-7,10-11H,3-5,8-9H2,1-2H3. The Balaban J connectivity index is 1.60. The minimum absolute atomic E-state index is 0.254. The summed E-state index contributed by atoms with van der Waals surface area (Å²) in [6.45, 7) is 5.33. The minimum Gasteiger partial charge on any atom is -0.248 e. The quantitative estimate of drug-likeness (QED) is 0.593. The maximum atomic E-state index is 12.7. The predicted molar refractivity (Wildman–Crippen MR) is 108 cm³/mol. The van der Waals surface area contributed by atoms with Crippen LogP contribution in [0.15, 0.2) is 39.6 Å². The molecule has 6 nitrogen and oxygen atoms in total. The van der Waals surface area contributed by atoms with E-state index in [0.717, 1.165) is 39.5 Å². The zero-order valence-electron chi connectivity index (χ0n) is 15.2. The van der Waals surface area contributed by atoms with Gasteiger partial charge in [-0.15, -0.1) is 11.3 Å². The number of pyridine rings is 1. The number of fused-ring (bicyclic) bond motifs is 1. The fourth-order valence-corrected chi connectivity index (χ4v) is 6.58. The zero-order valence-corrected chi connectivity index (χ0v) is 17.6. The van der Waals surface area contributed by atoms with E-state index < -0.39 is 10.0 Å². The smallest absolute Gasteiger partial charge is 0.244 e. The van der Waals surface area contributed by atoms with E-state index in [9.17, 15) is 8.42 Å². The molecule has 1 aliphatic rings. The number of thiophene rings is 1. The molecule has 142 valence electrons. The van der Waals surface area contributed by atoms with Crippen molar-refractivity contribution >= 4 is 43.3 Å². The monoisotopic (exact) mass is 420 g/mol. The molecule has 0 bridgehead atoms. The molecule has 0 atom stereocenters. The summed E-state index contributed by atoms with van der Waals surface area (Å²) in [5.41, 5.74) is 1.18. The van der Waals surface area contributed by atoms with E-state index >= 15 is 0 Å². The normalized spacial score (nSPS) is 16.1. The molecule has 0 aliphatic carbocycles. The van der Waals surface area contributed by atoms with Crippen molar-refractivity contribution < 1.29 is 8.42 Å². The number of nitrogens with zero attached hydrogens (tertiary/aromatic N) is 4. The van der Waals surface area contributed by atoms with Crippen LogP contribution in [-0.4, -0.2) is 40.8 Å². The molecule has 27 heavy (non-hydrogen) atoms. The molecule has 1 aliphatic heterocycles. The second kappa shape index (κ2) is 7.46. The van der Waals surface area contributed by atoms with Gasteiger partial charge in [0, 0.05) is 29.5 Å². The Labute approximate surface area is 167 Å². The molecule has 3 aromatic rings. The lowest BCUT2D eigenvalue weighted by molar-refractivity contribution is 0.346. The molecule has 0 N–H and O–H groups in total. The van der Waals surface area contributed by atoms with Crippen molar-refractivity contribution in [2.24, 2.45) is 0 Å². The molecule has 0 saturated carbocycles. The van der Waals surface area contributed by atoms with E-state index in [0.29, 0.717) is 13.1 Å². The minimum atomic E-state index is -3.45. The summed E-state index contributed by atoms with van der Waals surface area (Å²) >= 11 is 3.09. The van der Waals surface area contributed by atoms with Crippen LogP contribution in [0.2, 0.25) is 0 Å². The van der Waals surface area contributed by atoms with Crippen molar-refractivity contribution in [1.82, 2.24) is 19.3 Å². The maximum Gasteiger partial charge on any atom is 0.244 e. The van der Waals surface area contributed by atoms with Crippen LogP contribution in [0.25, 0.3) is 10.2 Å². The van der Waals surface area contributed by atoms with E-state index in [-0.39, 0.29) is 4.90 Å². The predicted octanol–water partition coefficient (Wildman–Crippen LogP) is 4.03. The Bertz CT molecular complexity index is 1070. The van der Waals surface area contributed by atoms with Crippen molar-refractivity contribution in [3.05, 3.63) is 35.1 Å². The average Bonchev–Trinajstić information content (AvgIpc) is 2.98. The molecule has 9 heteroatoms. The summed E-state index contributed by atoms with van der Waals surface area (Å²) < 4.78 is 27.0. The molecule has 0 unspecified atom stereocenters. The van der Waals surface area contributed by atoms with Crippen LogP contribution in [0.4, 0.5) is 0 Å². The molecule has 3 aromatic heterocycles. The van der Waals surface area contributed by atoms with Gasteiger partial charge in [-0.3, -0.25) is 0 Å². The molecule has 4 rings (SSSR count). The Morgan fingerprint density at radius 2 is 1.85 bits per heavy atom. The number of aromatic nitrogens is 3. The molecule has 0 amide bonds. The molecule has 4 heterocycles. The van der Waals surface area contributed by atoms with Gasteiger partial charge in [-0.05, 0) is 56.1 Å². The maximum absolute atomic E-state index is 12.7. The van der Waals surface area contributed by atoms with E-state index in [2.05, 4.69) is 28.8 Å². The molecule has 1 saturated heterocycles. The van der Waals surface area contributed by atoms with Crippen molar-refractivity contribution in [3.8, 4) is 0 Å². The number of piperidine rings is 1. The first-order valence-electron chi connectivity index (χ1n) is 8.81. The summed E-state index contributed by atoms with van der Waals surface area (Å²) in [5.74, 6) is 0. The summed E-state index contributed by atoms with van der Waals surface area (Å²) in [4.78, 5) is 15.6. The first-order valence-corrected chi connectivity index (χ1v) is 11.9. The van der Waals surface area contributed by atoms with E-state index in [1.807, 2.05) is 0 Å². The number of hydrogen-bond donors (Lipinski definition) is 0. The van der Waals surface area contributed by atoms with Gasteiger partial charge in [0.15, 0.2) is 0 Å². The lowest BCUT2D eigenvalue weighted by atomic mass is 10.2. The van der Waals surface area contributed by atoms with Crippen molar-refractivity contribution in [2.45, 2.75) is 48.1 Å². The van der Waals surface area contributed by atoms with E-state index in [1.54, 1.807) is 34.1 Å². The highest BCUT2D eigenvalue weighted by Gasteiger charge is 2.26. The molecular formula is C18H20N4O2S3. The Kier molecular flexibility index (Phi) is 5.19. The number of rotatable bonds is 4. The Hall–Kier alpha value is -1.55. The molecule has 0 radical (unpaired) electrons. The first-order chi connectivity index (χ1) is 13.0. The third-order valence-electron chi connectivity index (χ3n) is 4.79. The van der Waals surface area contributed by atoms with Gasteiger partial charge in [0.1, 0.15) is 26.1 Å². The van der Waals surface area contributed by atoms with Gasteiger partial charge in [-0.2, -0.15) is 4.31 Å². The van der Waals surface area contributed by atoms with Crippen molar-refractivity contribution in [2.75, 3.05) is 13.1 Å². The third-order valence-corrected chi connectivity index (χ3v) is 8.74. The highest BCUT2D eigenvalue weighted by molar-refractivity contribution is 7.99. The molecule has 0 spiro atoms. The number of aryl methyl sites for hydroxylation is 2. The van der Waals surface area contributed by atoms with Gasteiger partial charge < -0.3 is 0 Å². The van der Waals surface area contributed by atoms with Crippen LogP contribution < -0.4 is 0 Å². The summed E-state index contributed by atoms with van der Waals surface area (Å²) in [5, 5.41) is 2.62. The Morgan fingerprint density at radius 1 is 1.07 bits per heavy atom. The molecule has 1 fully saturated rings. The average molecular weight is 421 g/mol. The fourth-order valence-electron chi connectivity index (χ4n) is 3.16. The highest BCUT2D eigenvalue weighted by atomic mass is 32.2. The lowest BCUT2D eigenvalue weighted by Gasteiger charge is -2.25. The van der Waals surface area contributed by atoms with Crippen LogP contribution in [-0.2, 0) is 10.0 Å². The van der Waals surface area contributed by atoms with Gasteiger partial charge in [0.05, 0.1) is 0 Å². The Morgan fingerprint density at radius 3 is 2.56 bits per heavy atom. The zero-order chi connectivity index (χ0) is 19.0. The fraction of sp³-hybridized carbons (Fsp3) is 0.389. The van der Waals surface area contributed by atoms with Crippen LogP contribution in [0.3, 0.4) is 0 Å². The van der Waals surface area contributed by atoms with Crippen molar-refractivity contribution in [1.29, 1.82) is 0 Å². The van der Waals surface area contributed by atoms with Crippen LogP contribution >= 0.6 is 23.1 Å². The SMILES string of the molecule is Cc1sc2ncnc(Sc3ccc(S(=O)(=O)N4CCCCC4)cn3)c2c1C. The summed E-state index contributed by atoms with van der Waals surface area (Å²) in [7, 11) is -3.45. The van der Waals surface area contributed by atoms with E-state index in [1.165, 1.54) is 28.4 Å². The van der Waals surface area contributed by atoms with Gasteiger partial charge in [-0.1, -0.05) is 6.42 Å². The summed E-state index contributed by atoms with van der Waals surface area (Å²) in [6, 6.07) is 3.40. The largest absolute Gasteiger partial charge is 0.248 e. The van der Waals surface area contributed by atoms with E-state index in [4.69, 9.17) is 0 Å². The van der Waals surface area contributed by atoms with Gasteiger partial charge >= 0.3 is 0 Å². The first kappa shape index (κ1) is 18.8.